The summed E-state index contributed by atoms with van der Waals surface area (Å²) < 4.78 is 5.53. The van der Waals surface area contributed by atoms with E-state index in [-0.39, 0.29) is 12.4 Å². The molecule has 0 aromatic heterocycles. The molecule has 0 aliphatic carbocycles. The van der Waals surface area contributed by atoms with Crippen molar-refractivity contribution in [3.05, 3.63) is 132 Å². The van der Waals surface area contributed by atoms with Crippen molar-refractivity contribution in [2.75, 3.05) is 13.2 Å². The maximum Gasteiger partial charge on any atom is 0.328 e. The van der Waals surface area contributed by atoms with Gasteiger partial charge in [-0.25, -0.2) is 4.79 Å². The molecule has 0 heterocycles. The lowest BCUT2D eigenvalue weighted by Crippen LogP contribution is -2.02. The highest BCUT2D eigenvalue weighted by Gasteiger charge is 2.09. The standard InChI is InChI=1S/C20H20O5.C12H10/c21-13-1-2-14-25-18-10-8-17(9-11-18)20(24)16-6-3-15(4-7-16)5-12-19(22)23;1-3-7-11(8-4-1)12-9-5-2-6-10-12/h3-12,21H,1-2,13-14H2,(H,22,23);1-10H. The van der Waals surface area contributed by atoms with Gasteiger partial charge in [0.15, 0.2) is 5.78 Å². The lowest BCUT2D eigenvalue weighted by Gasteiger charge is -2.07. The average Bonchev–Trinajstić information content (AvgIpc) is 2.96. The molecule has 0 bridgehead atoms. The Morgan fingerprint density at radius 3 is 1.68 bits per heavy atom. The molecule has 5 nitrogen and oxygen atoms in total. The number of rotatable bonds is 10. The molecule has 0 saturated heterocycles. The highest BCUT2D eigenvalue weighted by atomic mass is 16.5. The van der Waals surface area contributed by atoms with Gasteiger partial charge in [-0.1, -0.05) is 84.9 Å². The van der Waals surface area contributed by atoms with Crippen molar-refractivity contribution in [3.8, 4) is 16.9 Å². The third-order valence-corrected chi connectivity index (χ3v) is 5.41. The Bertz CT molecular complexity index is 1230. The van der Waals surface area contributed by atoms with Gasteiger partial charge in [0.1, 0.15) is 5.75 Å². The molecule has 0 spiro atoms. The molecule has 0 fully saturated rings. The second-order valence-electron chi connectivity index (χ2n) is 8.16. The van der Waals surface area contributed by atoms with Crippen LogP contribution in [-0.4, -0.2) is 35.2 Å². The van der Waals surface area contributed by atoms with E-state index in [9.17, 15) is 9.59 Å². The maximum absolute atomic E-state index is 12.5. The largest absolute Gasteiger partial charge is 0.494 e. The molecular weight excluding hydrogens is 464 g/mol. The normalized spacial score (nSPS) is 10.4. The SMILES string of the molecule is O=C(O)C=Cc1ccc(C(=O)c2ccc(OCCCCO)cc2)cc1.c1ccc(-c2ccccc2)cc1. The van der Waals surface area contributed by atoms with Crippen LogP contribution < -0.4 is 4.74 Å². The van der Waals surface area contributed by atoms with Crippen LogP contribution in [0.25, 0.3) is 17.2 Å². The van der Waals surface area contributed by atoms with Gasteiger partial charge >= 0.3 is 5.97 Å². The summed E-state index contributed by atoms with van der Waals surface area (Å²) in [5.74, 6) is -0.442. The molecule has 0 amide bonds. The molecule has 4 aromatic rings. The maximum atomic E-state index is 12.5. The van der Waals surface area contributed by atoms with Gasteiger partial charge in [-0.05, 0) is 59.9 Å². The zero-order chi connectivity index (χ0) is 26.3. The number of ketones is 1. The first kappa shape index (κ1) is 27.1. The zero-order valence-electron chi connectivity index (χ0n) is 20.5. The minimum Gasteiger partial charge on any atom is -0.494 e. The van der Waals surface area contributed by atoms with Crippen LogP contribution in [0.1, 0.15) is 34.3 Å². The fourth-order valence-corrected chi connectivity index (χ4v) is 3.45. The minimum absolute atomic E-state index is 0.111. The summed E-state index contributed by atoms with van der Waals surface area (Å²) in [6.07, 6.45) is 4.00. The highest BCUT2D eigenvalue weighted by Crippen LogP contribution is 2.18. The summed E-state index contributed by atoms with van der Waals surface area (Å²) in [5, 5.41) is 17.3. The summed E-state index contributed by atoms with van der Waals surface area (Å²) in [4.78, 5) is 22.9. The van der Waals surface area contributed by atoms with Crippen LogP contribution in [0, 0.1) is 0 Å². The van der Waals surface area contributed by atoms with Gasteiger partial charge in [-0.15, -0.1) is 0 Å². The van der Waals surface area contributed by atoms with Gasteiger partial charge in [0, 0.05) is 23.8 Å². The number of carbonyl (C=O) groups is 2. The molecule has 0 unspecified atom stereocenters. The molecule has 5 heteroatoms. The van der Waals surface area contributed by atoms with E-state index in [1.165, 1.54) is 17.2 Å². The second kappa shape index (κ2) is 14.8. The van der Waals surface area contributed by atoms with E-state index < -0.39 is 5.97 Å². The van der Waals surface area contributed by atoms with Crippen molar-refractivity contribution < 1.29 is 24.5 Å². The number of aliphatic hydroxyl groups excluding tert-OH is 1. The van der Waals surface area contributed by atoms with E-state index in [4.69, 9.17) is 14.9 Å². The Morgan fingerprint density at radius 1 is 0.676 bits per heavy atom. The van der Waals surface area contributed by atoms with E-state index in [2.05, 4.69) is 48.5 Å². The number of carboxylic acids is 1. The smallest absolute Gasteiger partial charge is 0.328 e. The van der Waals surface area contributed by atoms with E-state index in [0.29, 0.717) is 35.5 Å². The zero-order valence-corrected chi connectivity index (χ0v) is 20.5. The first-order valence-corrected chi connectivity index (χ1v) is 12.1. The van der Waals surface area contributed by atoms with Crippen molar-refractivity contribution in [2.24, 2.45) is 0 Å². The second-order valence-corrected chi connectivity index (χ2v) is 8.16. The Morgan fingerprint density at radius 2 is 1.19 bits per heavy atom. The third kappa shape index (κ3) is 9.24. The molecule has 0 atom stereocenters. The number of ether oxygens (including phenoxy) is 1. The highest BCUT2D eigenvalue weighted by molar-refractivity contribution is 6.09. The van der Waals surface area contributed by atoms with Gasteiger partial charge < -0.3 is 14.9 Å². The number of aliphatic carboxylic acids is 1. The predicted octanol–water partition coefficient (Wildman–Crippen LogP) is 6.52. The van der Waals surface area contributed by atoms with E-state index in [1.54, 1.807) is 48.5 Å². The molecule has 2 N–H and O–H groups in total. The monoisotopic (exact) mass is 494 g/mol. The van der Waals surface area contributed by atoms with Crippen molar-refractivity contribution in [1.29, 1.82) is 0 Å². The number of hydrogen-bond donors (Lipinski definition) is 2. The predicted molar refractivity (Wildman–Crippen MR) is 147 cm³/mol. The molecule has 0 saturated carbocycles. The first-order valence-electron chi connectivity index (χ1n) is 12.1. The molecule has 0 aliphatic rings. The molecular formula is C32H30O5. The number of benzene rings is 4. The quantitative estimate of drug-likeness (QED) is 0.149. The van der Waals surface area contributed by atoms with E-state index in [1.807, 2.05) is 12.1 Å². The average molecular weight is 495 g/mol. The third-order valence-electron chi connectivity index (χ3n) is 5.41. The van der Waals surface area contributed by atoms with Crippen LogP contribution in [0.15, 0.2) is 115 Å². The van der Waals surface area contributed by atoms with Crippen LogP contribution in [0.4, 0.5) is 0 Å². The Balaban J connectivity index is 0.000000262. The van der Waals surface area contributed by atoms with Crippen molar-refractivity contribution in [2.45, 2.75) is 12.8 Å². The molecule has 4 rings (SSSR count). The van der Waals surface area contributed by atoms with Crippen LogP contribution in [0.2, 0.25) is 0 Å². The molecule has 188 valence electrons. The van der Waals surface area contributed by atoms with Gasteiger partial charge in [0.25, 0.3) is 0 Å². The fraction of sp³-hybridized carbons (Fsp3) is 0.125. The van der Waals surface area contributed by atoms with Crippen LogP contribution in [0.5, 0.6) is 5.75 Å². The number of carboxylic acid groups (broad SMARTS) is 1. The number of unbranched alkanes of at least 4 members (excludes halogenated alkanes) is 1. The van der Waals surface area contributed by atoms with Crippen LogP contribution in [0.3, 0.4) is 0 Å². The Labute approximate surface area is 217 Å². The number of carbonyl (C=O) groups excluding carboxylic acids is 1. The van der Waals surface area contributed by atoms with Gasteiger partial charge in [0.2, 0.25) is 0 Å². The fourth-order valence-electron chi connectivity index (χ4n) is 3.45. The van der Waals surface area contributed by atoms with Gasteiger partial charge in [-0.3, -0.25) is 4.79 Å². The van der Waals surface area contributed by atoms with Crippen LogP contribution >= 0.6 is 0 Å². The summed E-state index contributed by atoms with van der Waals surface area (Å²) in [6, 6.07) is 34.4. The first-order chi connectivity index (χ1) is 18.1. The summed E-state index contributed by atoms with van der Waals surface area (Å²) in [5.41, 5.74) is 4.35. The van der Waals surface area contributed by atoms with Crippen molar-refractivity contribution in [3.63, 3.8) is 0 Å². The lowest BCUT2D eigenvalue weighted by molar-refractivity contribution is -0.131. The molecule has 0 aliphatic heterocycles. The van der Waals surface area contributed by atoms with Crippen molar-refractivity contribution >= 4 is 17.8 Å². The summed E-state index contributed by atoms with van der Waals surface area (Å²) >= 11 is 0. The molecule has 0 radical (unpaired) electrons. The minimum atomic E-state index is -1.01. The van der Waals surface area contributed by atoms with Crippen molar-refractivity contribution in [1.82, 2.24) is 0 Å². The lowest BCUT2D eigenvalue weighted by atomic mass is 10.0. The van der Waals surface area contributed by atoms with Gasteiger partial charge in [0.05, 0.1) is 6.61 Å². The summed E-state index contributed by atoms with van der Waals surface area (Å²) in [7, 11) is 0. The van der Waals surface area contributed by atoms with Crippen LogP contribution in [-0.2, 0) is 4.79 Å². The Kier molecular flexibility index (Phi) is 10.9. The van der Waals surface area contributed by atoms with Gasteiger partial charge in [-0.2, -0.15) is 0 Å². The van der Waals surface area contributed by atoms with E-state index in [0.717, 1.165) is 12.5 Å². The number of hydrogen-bond acceptors (Lipinski definition) is 4. The molecule has 37 heavy (non-hydrogen) atoms. The number of aliphatic hydroxyl groups is 1. The molecule has 4 aromatic carbocycles. The summed E-state index contributed by atoms with van der Waals surface area (Å²) in [6.45, 7) is 0.681. The van der Waals surface area contributed by atoms with E-state index >= 15 is 0 Å². The Hall–Kier alpha value is -4.48. The topological polar surface area (TPSA) is 83.8 Å².